The van der Waals surface area contributed by atoms with Crippen molar-refractivity contribution in [3.63, 3.8) is 0 Å². The Morgan fingerprint density at radius 1 is 1.15 bits per heavy atom. The van der Waals surface area contributed by atoms with E-state index < -0.39 is 11.8 Å². The van der Waals surface area contributed by atoms with E-state index in [2.05, 4.69) is 0 Å². The van der Waals surface area contributed by atoms with Gasteiger partial charge in [-0.15, -0.1) is 0 Å². The maximum atomic E-state index is 14.4. The molecule has 3 rings (SSSR count). The number of rotatable bonds is 7. The van der Waals surface area contributed by atoms with E-state index in [-0.39, 0.29) is 31.0 Å². The van der Waals surface area contributed by atoms with Gasteiger partial charge in [0.2, 0.25) is 0 Å². The van der Waals surface area contributed by atoms with Crippen molar-refractivity contribution in [3.05, 3.63) is 70.3 Å². The number of carbonyl (C=O) groups is 1. The minimum Gasteiger partial charge on any atom is -0.486 e. The van der Waals surface area contributed by atoms with Gasteiger partial charge >= 0.3 is 5.97 Å². The van der Waals surface area contributed by atoms with E-state index in [1.54, 1.807) is 18.2 Å². The van der Waals surface area contributed by atoms with Crippen LogP contribution in [0.25, 0.3) is 5.57 Å². The van der Waals surface area contributed by atoms with Crippen LogP contribution in [0.4, 0.5) is 8.78 Å². The molecule has 0 heterocycles. The lowest BCUT2D eigenvalue weighted by molar-refractivity contribution is -0.136. The minimum atomic E-state index is -0.906. The number of hydrogen-bond acceptors (Lipinski definition) is 2. The van der Waals surface area contributed by atoms with Crippen LogP contribution in [-0.4, -0.2) is 17.7 Å². The van der Waals surface area contributed by atoms with Crippen LogP contribution in [0.5, 0.6) is 5.75 Å². The van der Waals surface area contributed by atoms with Gasteiger partial charge in [0.25, 0.3) is 0 Å². The molecule has 0 saturated heterocycles. The first-order valence-electron chi connectivity index (χ1n) is 9.04. The van der Waals surface area contributed by atoms with Gasteiger partial charge in [-0.25, -0.2) is 8.78 Å². The summed E-state index contributed by atoms with van der Waals surface area (Å²) in [5.74, 6) is -1.49. The van der Waals surface area contributed by atoms with Crippen molar-refractivity contribution in [3.8, 4) is 5.75 Å². The Morgan fingerprint density at radius 2 is 1.89 bits per heavy atom. The maximum absolute atomic E-state index is 14.4. The number of carboxylic acids is 1. The Balaban J connectivity index is 1.73. The van der Waals surface area contributed by atoms with E-state index in [0.29, 0.717) is 5.56 Å². The van der Waals surface area contributed by atoms with Crippen LogP contribution >= 0.6 is 0 Å². The Kier molecular flexibility index (Phi) is 5.89. The highest BCUT2D eigenvalue weighted by Crippen LogP contribution is 2.34. The summed E-state index contributed by atoms with van der Waals surface area (Å²) in [4.78, 5) is 10.7. The number of benzene rings is 2. The molecule has 0 aliphatic heterocycles. The van der Waals surface area contributed by atoms with E-state index in [0.717, 1.165) is 41.5 Å². The molecule has 0 atom stereocenters. The van der Waals surface area contributed by atoms with Crippen LogP contribution in [-0.2, 0) is 11.2 Å². The molecule has 142 valence electrons. The van der Waals surface area contributed by atoms with E-state index >= 15 is 0 Å². The van der Waals surface area contributed by atoms with Crippen LogP contribution in [0, 0.1) is 18.6 Å². The fourth-order valence-electron chi connectivity index (χ4n) is 3.45. The van der Waals surface area contributed by atoms with Crippen LogP contribution in [0.3, 0.4) is 0 Å². The zero-order valence-corrected chi connectivity index (χ0v) is 15.2. The molecule has 3 nitrogen and oxygen atoms in total. The molecule has 2 aromatic carbocycles. The smallest absolute Gasteiger partial charge is 0.303 e. The molecule has 0 amide bonds. The average Bonchev–Trinajstić information content (AvgIpc) is 3.10. The van der Waals surface area contributed by atoms with Gasteiger partial charge in [-0.05, 0) is 84.7 Å². The zero-order valence-electron chi connectivity index (χ0n) is 15.2. The lowest BCUT2D eigenvalue weighted by atomic mass is 10.0. The number of allylic oxidation sites excluding steroid dienone is 1. The summed E-state index contributed by atoms with van der Waals surface area (Å²) >= 11 is 0. The Hall–Kier alpha value is -2.69. The second-order valence-corrected chi connectivity index (χ2v) is 6.83. The largest absolute Gasteiger partial charge is 0.486 e. The monoisotopic (exact) mass is 372 g/mol. The lowest BCUT2D eigenvalue weighted by Crippen LogP contribution is -2.05. The molecular weight excluding hydrogens is 350 g/mol. The Bertz CT molecular complexity index is 870. The van der Waals surface area contributed by atoms with Crippen molar-refractivity contribution >= 4 is 11.5 Å². The molecule has 5 heteroatoms. The van der Waals surface area contributed by atoms with Crippen LogP contribution in [0.15, 0.2) is 42.0 Å². The first kappa shape index (κ1) is 19.1. The van der Waals surface area contributed by atoms with Crippen LogP contribution in [0.1, 0.15) is 42.4 Å². The highest BCUT2D eigenvalue weighted by Gasteiger charge is 2.18. The lowest BCUT2D eigenvalue weighted by Gasteiger charge is -2.13. The number of aliphatic carboxylic acids is 1. The highest BCUT2D eigenvalue weighted by molar-refractivity contribution is 5.70. The molecule has 2 aromatic rings. The molecule has 0 saturated carbocycles. The molecule has 0 bridgehead atoms. The molecule has 1 aliphatic carbocycles. The number of hydrogen-bond donors (Lipinski definition) is 1. The number of carboxylic acid groups (broad SMARTS) is 1. The van der Waals surface area contributed by atoms with Crippen molar-refractivity contribution in [2.24, 2.45) is 0 Å². The fraction of sp³-hybridized carbons (Fsp3) is 0.318. The van der Waals surface area contributed by atoms with Crippen molar-refractivity contribution in [1.82, 2.24) is 0 Å². The normalized spacial score (nSPS) is 13.9. The Labute approximate surface area is 157 Å². The summed E-state index contributed by atoms with van der Waals surface area (Å²) in [5, 5.41) is 8.78. The van der Waals surface area contributed by atoms with Gasteiger partial charge in [0.15, 0.2) is 11.6 Å². The highest BCUT2D eigenvalue weighted by atomic mass is 19.1. The zero-order chi connectivity index (χ0) is 19.4. The van der Waals surface area contributed by atoms with Gasteiger partial charge in [0, 0.05) is 6.42 Å². The first-order chi connectivity index (χ1) is 12.9. The molecule has 0 radical (unpaired) electrons. The maximum Gasteiger partial charge on any atom is 0.303 e. The quantitative estimate of drug-likeness (QED) is 0.717. The topological polar surface area (TPSA) is 46.5 Å². The predicted octanol–water partition coefficient (Wildman–Crippen LogP) is 5.31. The van der Waals surface area contributed by atoms with Gasteiger partial charge in [-0.1, -0.05) is 12.1 Å². The molecule has 0 unspecified atom stereocenters. The van der Waals surface area contributed by atoms with E-state index in [1.165, 1.54) is 18.2 Å². The Morgan fingerprint density at radius 3 is 2.59 bits per heavy atom. The second kappa shape index (κ2) is 8.33. The van der Waals surface area contributed by atoms with E-state index in [9.17, 15) is 13.6 Å². The number of aryl methyl sites for hydroxylation is 2. The summed E-state index contributed by atoms with van der Waals surface area (Å²) in [7, 11) is 0. The summed E-state index contributed by atoms with van der Waals surface area (Å²) in [6, 6.07) is 9.39. The van der Waals surface area contributed by atoms with Gasteiger partial charge in [0.05, 0.1) is 0 Å². The third kappa shape index (κ3) is 4.73. The van der Waals surface area contributed by atoms with E-state index in [4.69, 9.17) is 9.84 Å². The standard InChI is InChI=1S/C22H22F2O3/c1-14-11-21(20(24)12-16(14)7-10-22(25)26)27-13-17-3-2-4-19(17)15-5-8-18(23)9-6-15/h5-6,8-9,11-12H,2-4,7,10,13H2,1H3,(H,25,26). The molecule has 1 N–H and O–H groups in total. The predicted molar refractivity (Wildman–Crippen MR) is 99.8 cm³/mol. The molecule has 1 aliphatic rings. The summed E-state index contributed by atoms with van der Waals surface area (Å²) in [5.41, 5.74) is 4.72. The molecule has 0 aromatic heterocycles. The summed E-state index contributed by atoms with van der Waals surface area (Å²) in [6.07, 6.45) is 3.04. The number of ether oxygens (including phenoxy) is 1. The van der Waals surface area contributed by atoms with Crippen LogP contribution < -0.4 is 4.74 Å². The fourth-order valence-corrected chi connectivity index (χ4v) is 3.45. The van der Waals surface area contributed by atoms with Gasteiger partial charge in [-0.2, -0.15) is 0 Å². The third-order valence-corrected chi connectivity index (χ3v) is 4.93. The van der Waals surface area contributed by atoms with Gasteiger partial charge in [-0.3, -0.25) is 4.79 Å². The van der Waals surface area contributed by atoms with E-state index in [1.807, 2.05) is 6.92 Å². The molecule has 0 spiro atoms. The SMILES string of the molecule is Cc1cc(OCC2=C(c3ccc(F)cc3)CCC2)c(F)cc1CCC(=O)O. The van der Waals surface area contributed by atoms with Crippen molar-refractivity contribution < 1.29 is 23.4 Å². The average molecular weight is 372 g/mol. The van der Waals surface area contributed by atoms with Gasteiger partial charge in [0.1, 0.15) is 12.4 Å². The molecular formula is C22H22F2O3. The van der Waals surface area contributed by atoms with Crippen LogP contribution in [0.2, 0.25) is 0 Å². The summed E-state index contributed by atoms with van der Waals surface area (Å²) in [6.45, 7) is 2.11. The van der Waals surface area contributed by atoms with Crippen molar-refractivity contribution in [2.75, 3.05) is 6.61 Å². The third-order valence-electron chi connectivity index (χ3n) is 4.93. The number of halogens is 2. The first-order valence-corrected chi connectivity index (χ1v) is 9.04. The second-order valence-electron chi connectivity index (χ2n) is 6.83. The van der Waals surface area contributed by atoms with Crippen molar-refractivity contribution in [2.45, 2.75) is 39.0 Å². The minimum absolute atomic E-state index is 0.0333. The van der Waals surface area contributed by atoms with Gasteiger partial charge < -0.3 is 9.84 Å². The van der Waals surface area contributed by atoms with Crippen molar-refractivity contribution in [1.29, 1.82) is 0 Å². The molecule has 0 fully saturated rings. The molecule has 27 heavy (non-hydrogen) atoms. The summed E-state index contributed by atoms with van der Waals surface area (Å²) < 4.78 is 33.2.